The number of nitrogens with one attached hydrogen (secondary N) is 1. The van der Waals surface area contributed by atoms with Crippen molar-refractivity contribution in [3.05, 3.63) is 29.8 Å². The Hall–Kier alpha value is -1.65. The van der Waals surface area contributed by atoms with Crippen molar-refractivity contribution in [2.75, 3.05) is 11.9 Å². The molecule has 0 aliphatic heterocycles. The molecule has 0 heterocycles. The van der Waals surface area contributed by atoms with Gasteiger partial charge in [-0.1, -0.05) is 0 Å². The van der Waals surface area contributed by atoms with Crippen molar-refractivity contribution < 1.29 is 18.3 Å². The highest BCUT2D eigenvalue weighted by atomic mass is 19.2. The van der Waals surface area contributed by atoms with E-state index in [0.29, 0.717) is 5.69 Å². The minimum atomic E-state index is -0.959. The Labute approximate surface area is 98.8 Å². The van der Waals surface area contributed by atoms with Crippen LogP contribution in [0.4, 0.5) is 14.5 Å². The second-order valence-electron chi connectivity index (χ2n) is 4.57. The fourth-order valence-electron chi connectivity index (χ4n) is 1.16. The summed E-state index contributed by atoms with van der Waals surface area (Å²) >= 11 is 0. The molecular weight excluding hydrogens is 228 g/mol. The maximum atomic E-state index is 12.8. The van der Waals surface area contributed by atoms with Crippen molar-refractivity contribution in [3.8, 4) is 0 Å². The predicted octanol–water partition coefficient (Wildman–Crippen LogP) is 2.72. The van der Waals surface area contributed by atoms with Crippen molar-refractivity contribution in [3.63, 3.8) is 0 Å². The van der Waals surface area contributed by atoms with Crippen molar-refractivity contribution >= 4 is 11.7 Å². The average molecular weight is 243 g/mol. The summed E-state index contributed by atoms with van der Waals surface area (Å²) in [7, 11) is 0. The predicted molar refractivity (Wildman–Crippen MR) is 60.7 cm³/mol. The van der Waals surface area contributed by atoms with E-state index in [0.717, 1.165) is 12.1 Å². The highest BCUT2D eigenvalue weighted by Crippen LogP contribution is 2.13. The van der Waals surface area contributed by atoms with Crippen molar-refractivity contribution in [1.82, 2.24) is 0 Å². The Balaban J connectivity index is 2.50. The van der Waals surface area contributed by atoms with Gasteiger partial charge in [-0.25, -0.2) is 8.78 Å². The molecule has 1 aromatic rings. The summed E-state index contributed by atoms with van der Waals surface area (Å²) in [5.74, 6) is -2.34. The number of hydrogen-bond acceptors (Lipinski definition) is 3. The standard InChI is InChI=1S/C12H15F2NO2/c1-12(2,3)17-11(16)7-15-8-4-5-9(13)10(14)6-8/h4-6,15H,7H2,1-3H3. The Kier molecular flexibility index (Phi) is 4.04. The molecule has 0 saturated heterocycles. The third-order valence-corrected chi connectivity index (χ3v) is 1.78. The molecule has 0 aromatic heterocycles. The van der Waals surface area contributed by atoms with Gasteiger partial charge in [0.15, 0.2) is 11.6 Å². The second kappa shape index (κ2) is 5.12. The summed E-state index contributed by atoms with van der Waals surface area (Å²) < 4.78 is 30.5. The molecule has 94 valence electrons. The van der Waals surface area contributed by atoms with Gasteiger partial charge >= 0.3 is 5.97 Å². The first-order valence-corrected chi connectivity index (χ1v) is 5.19. The number of benzene rings is 1. The number of ether oxygens (including phenoxy) is 1. The number of anilines is 1. The third kappa shape index (κ3) is 4.80. The molecule has 0 fully saturated rings. The Morgan fingerprint density at radius 3 is 2.47 bits per heavy atom. The van der Waals surface area contributed by atoms with Crippen LogP contribution in [0.3, 0.4) is 0 Å². The van der Waals surface area contributed by atoms with Gasteiger partial charge in [0.2, 0.25) is 0 Å². The second-order valence-corrected chi connectivity index (χ2v) is 4.57. The Morgan fingerprint density at radius 2 is 1.94 bits per heavy atom. The van der Waals surface area contributed by atoms with Crippen molar-refractivity contribution in [1.29, 1.82) is 0 Å². The molecule has 0 bridgehead atoms. The van der Waals surface area contributed by atoms with E-state index in [1.807, 2.05) is 0 Å². The zero-order valence-corrected chi connectivity index (χ0v) is 10.0. The molecule has 3 nitrogen and oxygen atoms in total. The minimum Gasteiger partial charge on any atom is -0.459 e. The van der Waals surface area contributed by atoms with E-state index in [9.17, 15) is 13.6 Å². The Bertz CT molecular complexity index is 413. The molecule has 1 aromatic carbocycles. The lowest BCUT2D eigenvalue weighted by atomic mass is 10.2. The van der Waals surface area contributed by atoms with Gasteiger partial charge in [-0.3, -0.25) is 4.79 Å². The van der Waals surface area contributed by atoms with E-state index in [1.165, 1.54) is 6.07 Å². The van der Waals surface area contributed by atoms with Crippen LogP contribution in [0.2, 0.25) is 0 Å². The van der Waals surface area contributed by atoms with Crippen LogP contribution in [0, 0.1) is 11.6 Å². The van der Waals surface area contributed by atoms with Gasteiger partial charge in [0.25, 0.3) is 0 Å². The molecule has 0 aliphatic carbocycles. The number of esters is 1. The molecule has 0 aliphatic rings. The normalized spacial score (nSPS) is 11.1. The molecule has 0 saturated carbocycles. The highest BCUT2D eigenvalue weighted by Gasteiger charge is 2.15. The van der Waals surface area contributed by atoms with Gasteiger partial charge in [-0.05, 0) is 32.9 Å². The molecule has 1 N–H and O–H groups in total. The summed E-state index contributed by atoms with van der Waals surface area (Å²) in [6, 6.07) is 3.33. The number of rotatable bonds is 3. The fraction of sp³-hybridized carbons (Fsp3) is 0.417. The summed E-state index contributed by atoms with van der Waals surface area (Å²) in [5, 5.41) is 2.65. The minimum absolute atomic E-state index is 0.0949. The lowest BCUT2D eigenvalue weighted by molar-refractivity contribution is -0.152. The first-order chi connectivity index (χ1) is 7.78. The number of halogens is 2. The van der Waals surface area contributed by atoms with Crippen LogP contribution in [-0.4, -0.2) is 18.1 Å². The molecule has 0 amide bonds. The maximum absolute atomic E-state index is 12.8. The highest BCUT2D eigenvalue weighted by molar-refractivity contribution is 5.75. The topological polar surface area (TPSA) is 38.3 Å². The van der Waals surface area contributed by atoms with Crippen LogP contribution in [0.25, 0.3) is 0 Å². The van der Waals surface area contributed by atoms with Gasteiger partial charge in [-0.15, -0.1) is 0 Å². The largest absolute Gasteiger partial charge is 0.459 e. The molecule has 17 heavy (non-hydrogen) atoms. The molecule has 0 atom stereocenters. The smallest absolute Gasteiger partial charge is 0.325 e. The average Bonchev–Trinajstić information content (AvgIpc) is 2.17. The van der Waals surface area contributed by atoms with Gasteiger partial charge in [-0.2, -0.15) is 0 Å². The molecule has 5 heteroatoms. The van der Waals surface area contributed by atoms with E-state index in [2.05, 4.69) is 5.32 Å². The maximum Gasteiger partial charge on any atom is 0.325 e. The monoisotopic (exact) mass is 243 g/mol. The molecule has 1 rings (SSSR count). The number of carbonyl (C=O) groups is 1. The lowest BCUT2D eigenvalue weighted by Gasteiger charge is -2.19. The first kappa shape index (κ1) is 13.4. The number of carbonyl (C=O) groups excluding carboxylic acids is 1. The SMILES string of the molecule is CC(C)(C)OC(=O)CNc1ccc(F)c(F)c1. The van der Waals surface area contributed by atoms with Crippen molar-refractivity contribution in [2.45, 2.75) is 26.4 Å². The summed E-state index contributed by atoms with van der Waals surface area (Å²) in [5.41, 5.74) is -0.234. The van der Waals surface area contributed by atoms with Crippen LogP contribution >= 0.6 is 0 Å². The summed E-state index contributed by atoms with van der Waals surface area (Å²) in [6.07, 6.45) is 0. The fourth-order valence-corrected chi connectivity index (χ4v) is 1.16. The van der Waals surface area contributed by atoms with Crippen LogP contribution in [0.15, 0.2) is 18.2 Å². The lowest BCUT2D eigenvalue weighted by Crippen LogP contribution is -2.28. The molecular formula is C12H15F2NO2. The van der Waals surface area contributed by atoms with Crippen LogP contribution in [-0.2, 0) is 9.53 Å². The van der Waals surface area contributed by atoms with Crippen LogP contribution < -0.4 is 5.32 Å². The summed E-state index contributed by atoms with van der Waals surface area (Å²) in [4.78, 5) is 11.3. The molecule has 0 radical (unpaired) electrons. The van der Waals surface area contributed by atoms with Gasteiger partial charge < -0.3 is 10.1 Å². The zero-order chi connectivity index (χ0) is 13.1. The number of hydrogen-bond donors (Lipinski definition) is 1. The van der Waals surface area contributed by atoms with E-state index in [-0.39, 0.29) is 6.54 Å². The van der Waals surface area contributed by atoms with Crippen LogP contribution in [0.5, 0.6) is 0 Å². The molecule has 0 spiro atoms. The quantitative estimate of drug-likeness (QED) is 0.829. The summed E-state index contributed by atoms with van der Waals surface area (Å²) in [6.45, 7) is 5.16. The zero-order valence-electron chi connectivity index (χ0n) is 10.0. The van der Waals surface area contributed by atoms with Gasteiger partial charge in [0.1, 0.15) is 12.1 Å². The van der Waals surface area contributed by atoms with E-state index < -0.39 is 23.2 Å². The first-order valence-electron chi connectivity index (χ1n) is 5.19. The Morgan fingerprint density at radius 1 is 1.29 bits per heavy atom. The van der Waals surface area contributed by atoms with Gasteiger partial charge in [0.05, 0.1) is 0 Å². The van der Waals surface area contributed by atoms with Gasteiger partial charge in [0, 0.05) is 11.8 Å². The third-order valence-electron chi connectivity index (χ3n) is 1.78. The van der Waals surface area contributed by atoms with E-state index in [1.54, 1.807) is 20.8 Å². The van der Waals surface area contributed by atoms with Crippen LogP contribution in [0.1, 0.15) is 20.8 Å². The van der Waals surface area contributed by atoms with E-state index >= 15 is 0 Å². The van der Waals surface area contributed by atoms with Crippen molar-refractivity contribution in [2.24, 2.45) is 0 Å². The molecule has 0 unspecified atom stereocenters. The van der Waals surface area contributed by atoms with E-state index in [4.69, 9.17) is 4.74 Å².